The third-order valence-corrected chi connectivity index (χ3v) is 2.47. The van der Waals surface area contributed by atoms with Gasteiger partial charge in [0.15, 0.2) is 0 Å². The summed E-state index contributed by atoms with van der Waals surface area (Å²) in [5.74, 6) is 0.951. The van der Waals surface area contributed by atoms with Crippen molar-refractivity contribution in [3.63, 3.8) is 0 Å². The van der Waals surface area contributed by atoms with Crippen LogP contribution in [0.25, 0.3) is 0 Å². The summed E-state index contributed by atoms with van der Waals surface area (Å²) in [5.41, 5.74) is 0. The van der Waals surface area contributed by atoms with E-state index < -0.39 is 0 Å². The summed E-state index contributed by atoms with van der Waals surface area (Å²) in [4.78, 5) is 0. The molecule has 10 heavy (non-hydrogen) atoms. The average Bonchev–Trinajstić information content (AvgIpc) is 2.41. The molecule has 0 amide bonds. The molecule has 0 bridgehead atoms. The summed E-state index contributed by atoms with van der Waals surface area (Å²) in [7, 11) is 0. The Morgan fingerprint density at radius 2 is 1.80 bits per heavy atom. The van der Waals surface area contributed by atoms with Gasteiger partial charge in [0.1, 0.15) is 0 Å². The fourth-order valence-electron chi connectivity index (χ4n) is 1.83. The molecule has 1 fully saturated rings. The smallest absolute Gasteiger partial charge is 0.0894 e. The van der Waals surface area contributed by atoms with Gasteiger partial charge in [-0.25, -0.2) is 0 Å². The molecule has 1 aliphatic rings. The van der Waals surface area contributed by atoms with E-state index in [1.165, 1.54) is 32.1 Å². The van der Waals surface area contributed by atoms with Gasteiger partial charge in [-0.2, -0.15) is 0 Å². The summed E-state index contributed by atoms with van der Waals surface area (Å²) in [6.07, 6.45) is 8.83. The van der Waals surface area contributed by atoms with Crippen LogP contribution in [0.3, 0.4) is 0 Å². The van der Waals surface area contributed by atoms with Gasteiger partial charge in [0, 0.05) is 0 Å². The van der Waals surface area contributed by atoms with Crippen molar-refractivity contribution in [1.29, 1.82) is 0 Å². The predicted molar refractivity (Wildman–Crippen MR) is 41.8 cm³/mol. The van der Waals surface area contributed by atoms with E-state index in [0.29, 0.717) is 0 Å². The SMILES string of the molecule is FCCCCC1CCCC1. The van der Waals surface area contributed by atoms with Crippen molar-refractivity contribution in [3.8, 4) is 0 Å². The van der Waals surface area contributed by atoms with Crippen molar-refractivity contribution in [2.75, 3.05) is 6.67 Å². The van der Waals surface area contributed by atoms with E-state index in [1.807, 2.05) is 0 Å². The molecule has 60 valence electrons. The van der Waals surface area contributed by atoms with Gasteiger partial charge in [-0.05, 0) is 12.3 Å². The van der Waals surface area contributed by atoms with Crippen LogP contribution in [0, 0.1) is 5.92 Å². The molecule has 0 aromatic heterocycles. The number of hydrogen-bond acceptors (Lipinski definition) is 0. The summed E-state index contributed by atoms with van der Waals surface area (Å²) < 4.78 is 11.7. The van der Waals surface area contributed by atoms with Gasteiger partial charge in [0.2, 0.25) is 0 Å². The van der Waals surface area contributed by atoms with E-state index in [9.17, 15) is 4.39 Å². The molecule has 1 aliphatic carbocycles. The molecule has 0 saturated heterocycles. The van der Waals surface area contributed by atoms with Gasteiger partial charge >= 0.3 is 0 Å². The van der Waals surface area contributed by atoms with Gasteiger partial charge in [-0.1, -0.05) is 38.5 Å². The molecule has 0 heterocycles. The van der Waals surface area contributed by atoms with Gasteiger partial charge in [0.05, 0.1) is 6.67 Å². The molecule has 1 heteroatoms. The van der Waals surface area contributed by atoms with Crippen molar-refractivity contribution in [2.45, 2.75) is 44.9 Å². The lowest BCUT2D eigenvalue weighted by molar-refractivity contribution is 0.417. The van der Waals surface area contributed by atoms with E-state index >= 15 is 0 Å². The van der Waals surface area contributed by atoms with Crippen LogP contribution in [0.15, 0.2) is 0 Å². The lowest BCUT2D eigenvalue weighted by atomic mass is 10.0. The van der Waals surface area contributed by atoms with Crippen molar-refractivity contribution in [2.24, 2.45) is 5.92 Å². The molecule has 1 saturated carbocycles. The molecule has 0 unspecified atom stereocenters. The Kier molecular flexibility index (Phi) is 3.77. The van der Waals surface area contributed by atoms with Crippen LogP contribution in [-0.4, -0.2) is 6.67 Å². The fraction of sp³-hybridized carbons (Fsp3) is 1.00. The first kappa shape index (κ1) is 8.03. The van der Waals surface area contributed by atoms with Crippen LogP contribution in [0.4, 0.5) is 4.39 Å². The maximum atomic E-state index is 11.7. The standard InChI is InChI=1S/C9H17F/c10-8-4-3-7-9-5-1-2-6-9/h9H,1-8H2. The lowest BCUT2D eigenvalue weighted by Crippen LogP contribution is -1.92. The number of halogens is 1. The molecule has 0 atom stereocenters. The number of hydrogen-bond donors (Lipinski definition) is 0. The Bertz CT molecular complexity index is 74.8. The second-order valence-corrected chi connectivity index (χ2v) is 3.34. The summed E-state index contributed by atoms with van der Waals surface area (Å²) in [5, 5.41) is 0. The van der Waals surface area contributed by atoms with E-state index in [0.717, 1.165) is 18.8 Å². The van der Waals surface area contributed by atoms with Crippen LogP contribution in [0.2, 0.25) is 0 Å². The van der Waals surface area contributed by atoms with Crippen molar-refractivity contribution < 1.29 is 4.39 Å². The number of alkyl halides is 1. The first-order valence-corrected chi connectivity index (χ1v) is 4.49. The Hall–Kier alpha value is -0.0700. The Balaban J connectivity index is 1.91. The highest BCUT2D eigenvalue weighted by Gasteiger charge is 2.13. The molecular weight excluding hydrogens is 127 g/mol. The van der Waals surface area contributed by atoms with Crippen LogP contribution < -0.4 is 0 Å². The average molecular weight is 144 g/mol. The second kappa shape index (κ2) is 4.70. The summed E-state index contributed by atoms with van der Waals surface area (Å²) >= 11 is 0. The van der Waals surface area contributed by atoms with Gasteiger partial charge in [-0.3, -0.25) is 4.39 Å². The third kappa shape index (κ3) is 2.68. The molecule has 0 radical (unpaired) electrons. The third-order valence-electron chi connectivity index (χ3n) is 2.47. The molecule has 1 rings (SSSR count). The summed E-state index contributed by atoms with van der Waals surface area (Å²) in [6.45, 7) is -0.118. The lowest BCUT2D eigenvalue weighted by Gasteiger charge is -2.05. The molecule has 0 spiro atoms. The van der Waals surface area contributed by atoms with Crippen LogP contribution in [-0.2, 0) is 0 Å². The van der Waals surface area contributed by atoms with E-state index in [-0.39, 0.29) is 6.67 Å². The molecule has 0 aromatic carbocycles. The highest BCUT2D eigenvalue weighted by atomic mass is 19.1. The van der Waals surface area contributed by atoms with Crippen molar-refractivity contribution >= 4 is 0 Å². The maximum absolute atomic E-state index is 11.7. The molecule has 0 nitrogen and oxygen atoms in total. The molecular formula is C9H17F. The topological polar surface area (TPSA) is 0 Å². The highest BCUT2D eigenvalue weighted by molar-refractivity contribution is 4.66. The molecule has 0 aliphatic heterocycles. The van der Waals surface area contributed by atoms with Crippen LogP contribution in [0.1, 0.15) is 44.9 Å². The molecule has 0 aromatic rings. The maximum Gasteiger partial charge on any atom is 0.0894 e. The van der Waals surface area contributed by atoms with E-state index in [4.69, 9.17) is 0 Å². The normalized spacial score (nSPS) is 20.1. The van der Waals surface area contributed by atoms with Crippen LogP contribution in [0.5, 0.6) is 0 Å². The van der Waals surface area contributed by atoms with Gasteiger partial charge < -0.3 is 0 Å². The second-order valence-electron chi connectivity index (χ2n) is 3.34. The Morgan fingerprint density at radius 3 is 2.40 bits per heavy atom. The van der Waals surface area contributed by atoms with E-state index in [1.54, 1.807) is 0 Å². The molecule has 0 N–H and O–H groups in total. The quantitative estimate of drug-likeness (QED) is 0.531. The first-order chi connectivity index (χ1) is 4.93. The number of rotatable bonds is 4. The van der Waals surface area contributed by atoms with Crippen molar-refractivity contribution in [1.82, 2.24) is 0 Å². The summed E-state index contributed by atoms with van der Waals surface area (Å²) in [6, 6.07) is 0. The Morgan fingerprint density at radius 1 is 1.10 bits per heavy atom. The monoisotopic (exact) mass is 144 g/mol. The zero-order chi connectivity index (χ0) is 7.23. The minimum absolute atomic E-state index is 0.118. The van der Waals surface area contributed by atoms with Crippen LogP contribution >= 0.6 is 0 Å². The highest BCUT2D eigenvalue weighted by Crippen LogP contribution is 2.28. The largest absolute Gasteiger partial charge is 0.251 e. The zero-order valence-electron chi connectivity index (χ0n) is 6.61. The van der Waals surface area contributed by atoms with Crippen molar-refractivity contribution in [3.05, 3.63) is 0 Å². The zero-order valence-corrected chi connectivity index (χ0v) is 6.61. The minimum Gasteiger partial charge on any atom is -0.251 e. The number of unbranched alkanes of at least 4 members (excludes halogenated alkanes) is 1. The predicted octanol–water partition coefficient (Wildman–Crippen LogP) is 3.32. The fourth-order valence-corrected chi connectivity index (χ4v) is 1.83. The Labute approximate surface area is 62.8 Å². The minimum atomic E-state index is -0.118. The van der Waals surface area contributed by atoms with Gasteiger partial charge in [0.25, 0.3) is 0 Å². The van der Waals surface area contributed by atoms with Gasteiger partial charge in [-0.15, -0.1) is 0 Å². The first-order valence-electron chi connectivity index (χ1n) is 4.49. The van der Waals surface area contributed by atoms with E-state index in [2.05, 4.69) is 0 Å².